The van der Waals surface area contributed by atoms with Gasteiger partial charge in [0.1, 0.15) is 5.82 Å². The van der Waals surface area contributed by atoms with Crippen LogP contribution in [0.3, 0.4) is 0 Å². The number of halogens is 2. The van der Waals surface area contributed by atoms with Crippen LogP contribution in [-0.2, 0) is 0 Å². The molecule has 104 valence electrons. The second-order valence-electron chi connectivity index (χ2n) is 3.89. The van der Waals surface area contributed by atoms with Crippen molar-refractivity contribution in [1.82, 2.24) is 0 Å². The lowest BCUT2D eigenvalue weighted by atomic mass is 10.3. The highest BCUT2D eigenvalue weighted by Gasteiger charge is 2.19. The molecule has 0 aliphatic carbocycles. The summed E-state index contributed by atoms with van der Waals surface area (Å²) in [7, 11) is 0. The first kappa shape index (κ1) is 14.4. The Bertz CT molecular complexity index is 702. The van der Waals surface area contributed by atoms with Crippen LogP contribution in [0.1, 0.15) is 14.5 Å². The molecule has 0 unspecified atom stereocenters. The molecule has 0 radical (unpaired) electrons. The van der Waals surface area contributed by atoms with Crippen LogP contribution in [0.4, 0.5) is 15.8 Å². The quantitative estimate of drug-likeness (QED) is 0.687. The molecule has 0 saturated carbocycles. The van der Waals surface area contributed by atoms with Gasteiger partial charge in [0.2, 0.25) is 0 Å². The van der Waals surface area contributed by atoms with E-state index in [2.05, 4.69) is 5.32 Å². The van der Waals surface area contributed by atoms with Gasteiger partial charge in [0.25, 0.3) is 11.6 Å². The summed E-state index contributed by atoms with van der Waals surface area (Å²) in [6.45, 7) is 1.56. The molecule has 1 N–H and O–H groups in total. The van der Waals surface area contributed by atoms with Crippen LogP contribution in [-0.4, -0.2) is 10.8 Å². The van der Waals surface area contributed by atoms with E-state index in [0.29, 0.717) is 10.6 Å². The van der Waals surface area contributed by atoms with E-state index in [9.17, 15) is 19.3 Å². The molecule has 1 heterocycles. The number of aryl methyl sites for hydroxylation is 1. The molecule has 20 heavy (non-hydrogen) atoms. The molecule has 0 spiro atoms. The molecule has 8 heteroatoms. The summed E-state index contributed by atoms with van der Waals surface area (Å²) in [6, 6.07) is 4.96. The smallest absolute Gasteiger partial charge is 0.283 e. The van der Waals surface area contributed by atoms with Gasteiger partial charge in [-0.25, -0.2) is 4.39 Å². The molecule has 0 bridgehead atoms. The topological polar surface area (TPSA) is 72.2 Å². The maximum Gasteiger partial charge on any atom is 0.283 e. The van der Waals surface area contributed by atoms with Crippen LogP contribution in [0.2, 0.25) is 5.02 Å². The number of rotatable bonds is 3. The van der Waals surface area contributed by atoms with E-state index in [1.54, 1.807) is 6.92 Å². The highest BCUT2D eigenvalue weighted by molar-refractivity contribution is 7.14. The number of hydrogen-bond acceptors (Lipinski definition) is 4. The number of nitrogens with one attached hydrogen (secondary N) is 1. The van der Waals surface area contributed by atoms with E-state index < -0.39 is 16.6 Å². The summed E-state index contributed by atoms with van der Waals surface area (Å²) >= 11 is 6.62. The molecule has 0 fully saturated rings. The second kappa shape index (κ2) is 5.56. The van der Waals surface area contributed by atoms with Gasteiger partial charge in [0.15, 0.2) is 0 Å². The average Bonchev–Trinajstić information content (AvgIpc) is 2.76. The Kier molecular flexibility index (Phi) is 4.01. The monoisotopic (exact) mass is 314 g/mol. The van der Waals surface area contributed by atoms with E-state index >= 15 is 0 Å². The first-order chi connectivity index (χ1) is 9.38. The zero-order valence-electron chi connectivity index (χ0n) is 10.1. The van der Waals surface area contributed by atoms with Crippen LogP contribution >= 0.6 is 22.9 Å². The fourth-order valence-corrected chi connectivity index (χ4v) is 2.59. The van der Waals surface area contributed by atoms with Crippen molar-refractivity contribution < 1.29 is 14.1 Å². The standard InChI is InChI=1S/C12H8ClFN2O3S/c1-6-10(16(18)19)5-11(20-6)12(17)15-7-2-3-9(14)8(13)4-7/h2-5H,1H3,(H,15,17). The number of nitrogens with zero attached hydrogens (tertiary/aromatic N) is 1. The highest BCUT2D eigenvalue weighted by atomic mass is 35.5. The zero-order valence-corrected chi connectivity index (χ0v) is 11.7. The summed E-state index contributed by atoms with van der Waals surface area (Å²) in [5.74, 6) is -1.10. The third-order valence-electron chi connectivity index (χ3n) is 2.49. The molecule has 1 amide bonds. The minimum absolute atomic E-state index is 0.0997. The normalized spacial score (nSPS) is 10.3. The summed E-state index contributed by atoms with van der Waals surface area (Å²) in [4.78, 5) is 22.8. The predicted octanol–water partition coefficient (Wildman–Crippen LogP) is 4.01. The maximum absolute atomic E-state index is 13.0. The number of anilines is 1. The molecule has 0 saturated heterocycles. The lowest BCUT2D eigenvalue weighted by molar-refractivity contribution is -0.385. The molecule has 2 aromatic rings. The summed E-state index contributed by atoms with van der Waals surface area (Å²) in [5.41, 5.74) is 0.215. The predicted molar refractivity (Wildman–Crippen MR) is 75.1 cm³/mol. The molecule has 2 rings (SSSR count). The fraction of sp³-hybridized carbons (Fsp3) is 0.0833. The summed E-state index contributed by atoms with van der Waals surface area (Å²) < 4.78 is 13.0. The minimum Gasteiger partial charge on any atom is -0.321 e. The van der Waals surface area contributed by atoms with Gasteiger partial charge in [0, 0.05) is 11.8 Å². The van der Waals surface area contributed by atoms with E-state index in [0.717, 1.165) is 17.4 Å². The number of amides is 1. The van der Waals surface area contributed by atoms with Gasteiger partial charge < -0.3 is 5.32 Å². The highest BCUT2D eigenvalue weighted by Crippen LogP contribution is 2.29. The van der Waals surface area contributed by atoms with Crippen molar-refractivity contribution in [3.8, 4) is 0 Å². The Labute approximate surface area is 122 Å². The zero-order chi connectivity index (χ0) is 14.9. The van der Waals surface area contributed by atoms with Gasteiger partial charge in [0.05, 0.1) is 19.7 Å². The van der Waals surface area contributed by atoms with Gasteiger partial charge in [-0.1, -0.05) is 11.6 Å². The van der Waals surface area contributed by atoms with Crippen LogP contribution < -0.4 is 5.32 Å². The molecule has 1 aromatic heterocycles. The van der Waals surface area contributed by atoms with Crippen molar-refractivity contribution in [3.05, 3.63) is 55.0 Å². The molecular formula is C12H8ClFN2O3S. The number of carbonyl (C=O) groups is 1. The van der Waals surface area contributed by atoms with Crippen molar-refractivity contribution in [2.24, 2.45) is 0 Å². The molecule has 1 aromatic carbocycles. The van der Waals surface area contributed by atoms with E-state index in [-0.39, 0.29) is 15.6 Å². The van der Waals surface area contributed by atoms with Crippen LogP contribution in [0, 0.1) is 22.9 Å². The molecular weight excluding hydrogens is 307 g/mol. The number of benzene rings is 1. The first-order valence-electron chi connectivity index (χ1n) is 5.39. The minimum atomic E-state index is -0.590. The Morgan fingerprint density at radius 3 is 2.70 bits per heavy atom. The molecule has 0 atom stereocenters. The summed E-state index contributed by atoms with van der Waals surface area (Å²) in [5, 5.41) is 13.1. The summed E-state index contributed by atoms with van der Waals surface area (Å²) in [6.07, 6.45) is 0. The number of thiophene rings is 1. The number of nitro groups is 1. The van der Waals surface area contributed by atoms with E-state index in [1.165, 1.54) is 18.2 Å². The average molecular weight is 315 g/mol. The van der Waals surface area contributed by atoms with Gasteiger partial charge >= 0.3 is 0 Å². The number of hydrogen-bond donors (Lipinski definition) is 1. The van der Waals surface area contributed by atoms with E-state index in [4.69, 9.17) is 11.6 Å². The van der Waals surface area contributed by atoms with Gasteiger partial charge in [-0.15, -0.1) is 11.3 Å². The second-order valence-corrected chi connectivity index (χ2v) is 5.56. The third kappa shape index (κ3) is 2.94. The van der Waals surface area contributed by atoms with E-state index in [1.807, 2.05) is 0 Å². The largest absolute Gasteiger partial charge is 0.321 e. The third-order valence-corrected chi connectivity index (χ3v) is 3.82. The SMILES string of the molecule is Cc1sc(C(=O)Nc2ccc(F)c(Cl)c2)cc1[N+](=O)[O-]. The van der Waals surface area contributed by atoms with Crippen molar-refractivity contribution in [1.29, 1.82) is 0 Å². The molecule has 0 aliphatic heterocycles. The molecule has 0 aliphatic rings. The van der Waals surface area contributed by atoms with Crippen molar-refractivity contribution in [2.45, 2.75) is 6.92 Å². The fourth-order valence-electron chi connectivity index (χ4n) is 1.53. The van der Waals surface area contributed by atoms with Crippen molar-refractivity contribution in [2.75, 3.05) is 5.32 Å². The number of carbonyl (C=O) groups excluding carboxylic acids is 1. The molecule has 5 nitrogen and oxygen atoms in total. The Morgan fingerprint density at radius 1 is 1.45 bits per heavy atom. The Hall–Kier alpha value is -1.99. The van der Waals surface area contributed by atoms with Crippen LogP contribution in [0.15, 0.2) is 24.3 Å². The van der Waals surface area contributed by atoms with Gasteiger partial charge in [-0.3, -0.25) is 14.9 Å². The van der Waals surface area contributed by atoms with Crippen LogP contribution in [0.25, 0.3) is 0 Å². The van der Waals surface area contributed by atoms with Gasteiger partial charge in [-0.2, -0.15) is 0 Å². The lowest BCUT2D eigenvalue weighted by Gasteiger charge is -2.04. The maximum atomic E-state index is 13.0. The van der Waals surface area contributed by atoms with Crippen LogP contribution in [0.5, 0.6) is 0 Å². The van der Waals surface area contributed by atoms with Crippen molar-refractivity contribution >= 4 is 40.2 Å². The Morgan fingerprint density at radius 2 is 2.15 bits per heavy atom. The Balaban J connectivity index is 2.21. The first-order valence-corrected chi connectivity index (χ1v) is 6.59. The lowest BCUT2D eigenvalue weighted by Crippen LogP contribution is -2.10. The van der Waals surface area contributed by atoms with Gasteiger partial charge in [-0.05, 0) is 25.1 Å². The van der Waals surface area contributed by atoms with Crippen molar-refractivity contribution in [3.63, 3.8) is 0 Å².